The minimum absolute atomic E-state index is 0.0931. The molecule has 2 N–H and O–H groups in total. The van der Waals surface area contributed by atoms with E-state index in [1.165, 1.54) is 19.3 Å². The summed E-state index contributed by atoms with van der Waals surface area (Å²) in [7, 11) is 0. The van der Waals surface area contributed by atoms with Gasteiger partial charge in [-0.25, -0.2) is 0 Å². The zero-order valence-electron chi connectivity index (χ0n) is 9.82. The molecule has 0 atom stereocenters. The molecule has 0 aromatic carbocycles. The third kappa shape index (κ3) is 2.83. The fourth-order valence-corrected chi connectivity index (χ4v) is 3.09. The van der Waals surface area contributed by atoms with Crippen molar-refractivity contribution < 1.29 is 15.0 Å². The van der Waals surface area contributed by atoms with Gasteiger partial charge in [0.25, 0.3) is 0 Å². The van der Waals surface area contributed by atoms with E-state index in [0.29, 0.717) is 31.5 Å². The molecule has 0 aromatic heterocycles. The molecule has 2 aliphatic carbocycles. The molecule has 0 aromatic rings. The summed E-state index contributed by atoms with van der Waals surface area (Å²) in [5.41, 5.74) is 0. The first kappa shape index (κ1) is 12.1. The molecule has 2 aliphatic rings. The van der Waals surface area contributed by atoms with Gasteiger partial charge in [0.2, 0.25) is 0 Å². The van der Waals surface area contributed by atoms with Crippen LogP contribution >= 0.6 is 0 Å². The Labute approximate surface area is 96.9 Å². The summed E-state index contributed by atoms with van der Waals surface area (Å²) < 4.78 is 0. The number of carbonyl (C=O) groups is 1. The van der Waals surface area contributed by atoms with E-state index in [0.717, 1.165) is 12.8 Å². The number of rotatable bonds is 2. The van der Waals surface area contributed by atoms with Crippen molar-refractivity contribution in [1.29, 1.82) is 0 Å². The third-order valence-electron chi connectivity index (χ3n) is 4.20. The van der Waals surface area contributed by atoms with Crippen LogP contribution in [-0.4, -0.2) is 21.8 Å². The fraction of sp³-hybridized carbons (Fsp3) is 0.923. The van der Waals surface area contributed by atoms with E-state index in [1.807, 2.05) is 0 Å². The van der Waals surface area contributed by atoms with Gasteiger partial charge in [-0.1, -0.05) is 19.3 Å². The van der Waals surface area contributed by atoms with E-state index in [-0.39, 0.29) is 11.8 Å². The van der Waals surface area contributed by atoms with Crippen LogP contribution in [0.2, 0.25) is 0 Å². The van der Waals surface area contributed by atoms with E-state index in [1.54, 1.807) is 0 Å². The standard InChI is InChI=1S/C13H22O3/c14-12(10-4-2-1-3-5-10)11-6-8-13(15,16)9-7-11/h10-11,15-16H,1-9H2. The second-order valence-electron chi connectivity index (χ2n) is 5.49. The first-order valence-electron chi connectivity index (χ1n) is 6.57. The molecule has 0 spiro atoms. The van der Waals surface area contributed by atoms with Crippen LogP contribution < -0.4 is 0 Å². The van der Waals surface area contributed by atoms with Crippen molar-refractivity contribution in [2.45, 2.75) is 63.6 Å². The molecule has 0 heterocycles. The predicted molar refractivity (Wildman–Crippen MR) is 60.7 cm³/mol. The molecule has 0 radical (unpaired) electrons. The first-order chi connectivity index (χ1) is 7.58. The van der Waals surface area contributed by atoms with Gasteiger partial charge < -0.3 is 10.2 Å². The van der Waals surface area contributed by atoms with Gasteiger partial charge in [0.15, 0.2) is 5.79 Å². The lowest BCUT2D eigenvalue weighted by atomic mass is 9.75. The summed E-state index contributed by atoms with van der Waals surface area (Å²) in [6.45, 7) is 0. The lowest BCUT2D eigenvalue weighted by Crippen LogP contribution is -2.37. The number of aliphatic hydroxyl groups is 2. The predicted octanol–water partition coefficient (Wildman–Crippen LogP) is 2.01. The molecule has 0 bridgehead atoms. The van der Waals surface area contributed by atoms with Gasteiger partial charge in [-0.15, -0.1) is 0 Å². The quantitative estimate of drug-likeness (QED) is 0.708. The first-order valence-corrected chi connectivity index (χ1v) is 6.57. The lowest BCUT2D eigenvalue weighted by Gasteiger charge is -2.33. The van der Waals surface area contributed by atoms with Crippen LogP contribution in [0.5, 0.6) is 0 Å². The SMILES string of the molecule is O=C(C1CCCCC1)C1CCC(O)(O)CC1. The Bertz CT molecular complexity index is 244. The average Bonchev–Trinajstić information content (AvgIpc) is 2.29. The number of hydrogen-bond acceptors (Lipinski definition) is 3. The van der Waals surface area contributed by atoms with E-state index in [2.05, 4.69) is 0 Å². The van der Waals surface area contributed by atoms with Gasteiger partial charge in [0.05, 0.1) is 0 Å². The average molecular weight is 226 g/mol. The van der Waals surface area contributed by atoms with E-state index < -0.39 is 5.79 Å². The normalized spacial score (nSPS) is 27.9. The molecule has 16 heavy (non-hydrogen) atoms. The Kier molecular flexibility index (Phi) is 3.65. The van der Waals surface area contributed by atoms with Crippen LogP contribution in [0.3, 0.4) is 0 Å². The molecule has 0 aliphatic heterocycles. The van der Waals surface area contributed by atoms with Gasteiger partial charge in [0, 0.05) is 24.7 Å². The highest BCUT2D eigenvalue weighted by molar-refractivity contribution is 5.83. The number of ketones is 1. The third-order valence-corrected chi connectivity index (χ3v) is 4.20. The summed E-state index contributed by atoms with van der Waals surface area (Å²) in [5, 5.41) is 18.9. The molecule has 92 valence electrons. The van der Waals surface area contributed by atoms with Crippen LogP contribution in [0.4, 0.5) is 0 Å². The Morgan fingerprint density at radius 1 is 0.875 bits per heavy atom. The Morgan fingerprint density at radius 3 is 1.94 bits per heavy atom. The monoisotopic (exact) mass is 226 g/mol. The number of Topliss-reactive ketones (excluding diaryl/α,β-unsaturated/α-hetero) is 1. The molecular formula is C13H22O3. The second-order valence-corrected chi connectivity index (χ2v) is 5.49. The van der Waals surface area contributed by atoms with Crippen LogP contribution in [-0.2, 0) is 4.79 Å². The van der Waals surface area contributed by atoms with Gasteiger partial charge in [-0.3, -0.25) is 4.79 Å². The smallest absolute Gasteiger partial charge is 0.162 e. The molecule has 0 amide bonds. The molecule has 3 nitrogen and oxygen atoms in total. The Balaban J connectivity index is 1.86. The maximum absolute atomic E-state index is 12.2. The fourth-order valence-electron chi connectivity index (χ4n) is 3.09. The van der Waals surface area contributed by atoms with Crippen LogP contribution in [0.15, 0.2) is 0 Å². The maximum atomic E-state index is 12.2. The summed E-state index contributed by atoms with van der Waals surface area (Å²) >= 11 is 0. The van der Waals surface area contributed by atoms with Crippen molar-refractivity contribution in [1.82, 2.24) is 0 Å². The van der Waals surface area contributed by atoms with Crippen molar-refractivity contribution in [3.05, 3.63) is 0 Å². The summed E-state index contributed by atoms with van der Waals surface area (Å²) in [6.07, 6.45) is 7.78. The van der Waals surface area contributed by atoms with Gasteiger partial charge in [-0.2, -0.15) is 0 Å². The Hall–Kier alpha value is -0.410. The van der Waals surface area contributed by atoms with Crippen molar-refractivity contribution >= 4 is 5.78 Å². The molecule has 0 saturated heterocycles. The zero-order valence-corrected chi connectivity index (χ0v) is 9.82. The van der Waals surface area contributed by atoms with Crippen molar-refractivity contribution in [2.75, 3.05) is 0 Å². The maximum Gasteiger partial charge on any atom is 0.162 e. The summed E-state index contributed by atoms with van der Waals surface area (Å²) in [6, 6.07) is 0. The highest BCUT2D eigenvalue weighted by Gasteiger charge is 2.36. The van der Waals surface area contributed by atoms with Crippen molar-refractivity contribution in [3.8, 4) is 0 Å². The van der Waals surface area contributed by atoms with Crippen molar-refractivity contribution in [2.24, 2.45) is 11.8 Å². The Morgan fingerprint density at radius 2 is 1.38 bits per heavy atom. The lowest BCUT2D eigenvalue weighted by molar-refractivity contribution is -0.187. The summed E-state index contributed by atoms with van der Waals surface area (Å²) in [4.78, 5) is 12.2. The molecule has 0 unspecified atom stereocenters. The molecule has 2 fully saturated rings. The van der Waals surface area contributed by atoms with Crippen molar-refractivity contribution in [3.63, 3.8) is 0 Å². The summed E-state index contributed by atoms with van der Waals surface area (Å²) in [5.74, 6) is -0.752. The van der Waals surface area contributed by atoms with Crippen LogP contribution in [0, 0.1) is 11.8 Å². The van der Waals surface area contributed by atoms with Gasteiger partial charge >= 0.3 is 0 Å². The van der Waals surface area contributed by atoms with Gasteiger partial charge in [-0.05, 0) is 25.7 Å². The number of hydrogen-bond donors (Lipinski definition) is 2. The van der Waals surface area contributed by atoms with E-state index in [4.69, 9.17) is 0 Å². The molecular weight excluding hydrogens is 204 g/mol. The van der Waals surface area contributed by atoms with Crippen LogP contribution in [0.25, 0.3) is 0 Å². The van der Waals surface area contributed by atoms with E-state index in [9.17, 15) is 15.0 Å². The van der Waals surface area contributed by atoms with Crippen LogP contribution in [0.1, 0.15) is 57.8 Å². The minimum Gasteiger partial charge on any atom is -0.366 e. The van der Waals surface area contributed by atoms with E-state index >= 15 is 0 Å². The van der Waals surface area contributed by atoms with Gasteiger partial charge in [0.1, 0.15) is 5.78 Å². The second kappa shape index (κ2) is 4.84. The molecule has 3 heteroatoms. The largest absolute Gasteiger partial charge is 0.366 e. The topological polar surface area (TPSA) is 57.5 Å². The molecule has 2 rings (SSSR count). The minimum atomic E-state index is -1.51. The molecule has 2 saturated carbocycles. The zero-order chi connectivity index (χ0) is 11.6. The highest BCUT2D eigenvalue weighted by Crippen LogP contribution is 2.35. The number of carbonyl (C=O) groups excluding carboxylic acids is 1. The highest BCUT2D eigenvalue weighted by atomic mass is 16.5.